The first-order valence-corrected chi connectivity index (χ1v) is 7.07. The average Bonchev–Trinajstić information content (AvgIpc) is 2.98. The summed E-state index contributed by atoms with van der Waals surface area (Å²) in [5, 5.41) is 0. The van der Waals surface area contributed by atoms with Crippen molar-refractivity contribution in [2.24, 2.45) is 0 Å². The minimum Gasteiger partial charge on any atom is -0.457 e. The maximum atomic E-state index is 12.7. The fraction of sp³-hybridized carbons (Fsp3) is 0.267. The number of carbonyl (C=O) groups excluding carboxylic acids is 1. The lowest BCUT2D eigenvalue weighted by atomic mass is 10.2. The molecule has 1 aliphatic carbocycles. The van der Waals surface area contributed by atoms with Crippen molar-refractivity contribution in [1.82, 2.24) is 0 Å². The molecule has 0 saturated carbocycles. The Kier molecular flexibility index (Phi) is 3.34. The van der Waals surface area contributed by atoms with E-state index in [2.05, 4.69) is 0 Å². The van der Waals surface area contributed by atoms with Crippen LogP contribution in [0.2, 0.25) is 0 Å². The Hall–Kier alpha value is -1.68. The van der Waals surface area contributed by atoms with Gasteiger partial charge in [0, 0.05) is 4.88 Å². The van der Waals surface area contributed by atoms with E-state index < -0.39 is 0 Å². The summed E-state index contributed by atoms with van der Waals surface area (Å²) in [7, 11) is 0. The molecule has 0 N–H and O–H groups in total. The summed E-state index contributed by atoms with van der Waals surface area (Å²) in [4.78, 5) is 13.9. The van der Waals surface area contributed by atoms with Gasteiger partial charge in [-0.3, -0.25) is 0 Å². The SMILES string of the molecule is O=C(OCc1ccc(F)cc1)c1cc2c(s1)CCC2. The van der Waals surface area contributed by atoms with Crippen LogP contribution in [0.5, 0.6) is 0 Å². The van der Waals surface area contributed by atoms with Crippen molar-refractivity contribution in [3.05, 3.63) is 57.0 Å². The van der Waals surface area contributed by atoms with Gasteiger partial charge in [0.25, 0.3) is 0 Å². The Morgan fingerprint density at radius 2 is 2.05 bits per heavy atom. The van der Waals surface area contributed by atoms with E-state index in [1.807, 2.05) is 6.07 Å². The van der Waals surface area contributed by atoms with Gasteiger partial charge < -0.3 is 4.74 Å². The first kappa shape index (κ1) is 12.4. The van der Waals surface area contributed by atoms with Gasteiger partial charge in [-0.25, -0.2) is 9.18 Å². The van der Waals surface area contributed by atoms with E-state index >= 15 is 0 Å². The molecular weight excluding hydrogens is 263 g/mol. The van der Waals surface area contributed by atoms with Gasteiger partial charge in [-0.2, -0.15) is 0 Å². The number of esters is 1. The topological polar surface area (TPSA) is 26.3 Å². The van der Waals surface area contributed by atoms with Crippen LogP contribution in [0, 0.1) is 5.82 Å². The molecule has 0 spiro atoms. The van der Waals surface area contributed by atoms with Crippen molar-refractivity contribution in [3.63, 3.8) is 0 Å². The molecule has 0 bridgehead atoms. The summed E-state index contributed by atoms with van der Waals surface area (Å²) in [5.74, 6) is -0.575. The van der Waals surface area contributed by atoms with Gasteiger partial charge >= 0.3 is 5.97 Å². The largest absolute Gasteiger partial charge is 0.457 e. The van der Waals surface area contributed by atoms with Crippen LogP contribution in [0.3, 0.4) is 0 Å². The third-order valence-electron chi connectivity index (χ3n) is 3.23. The Bertz CT molecular complexity index is 580. The summed E-state index contributed by atoms with van der Waals surface area (Å²) < 4.78 is 18.0. The van der Waals surface area contributed by atoms with Crippen LogP contribution in [-0.4, -0.2) is 5.97 Å². The third-order valence-corrected chi connectivity index (χ3v) is 4.45. The number of fused-ring (bicyclic) bond motifs is 1. The number of aryl methyl sites for hydroxylation is 2. The first-order valence-electron chi connectivity index (χ1n) is 6.25. The number of benzene rings is 1. The van der Waals surface area contributed by atoms with Crippen molar-refractivity contribution < 1.29 is 13.9 Å². The first-order chi connectivity index (χ1) is 9.22. The van der Waals surface area contributed by atoms with Crippen molar-refractivity contribution >= 4 is 17.3 Å². The van der Waals surface area contributed by atoms with E-state index in [9.17, 15) is 9.18 Å². The van der Waals surface area contributed by atoms with E-state index in [1.165, 1.54) is 40.3 Å². The molecule has 0 unspecified atom stereocenters. The Morgan fingerprint density at radius 3 is 2.79 bits per heavy atom. The molecule has 0 fully saturated rings. The second-order valence-electron chi connectivity index (χ2n) is 4.62. The van der Waals surface area contributed by atoms with Crippen LogP contribution >= 0.6 is 11.3 Å². The maximum Gasteiger partial charge on any atom is 0.348 e. The van der Waals surface area contributed by atoms with Crippen molar-refractivity contribution in [2.75, 3.05) is 0 Å². The zero-order valence-corrected chi connectivity index (χ0v) is 11.1. The predicted octanol–water partition coefficient (Wildman–Crippen LogP) is 3.73. The molecule has 0 atom stereocenters. The molecule has 98 valence electrons. The van der Waals surface area contributed by atoms with Crippen LogP contribution in [0.25, 0.3) is 0 Å². The van der Waals surface area contributed by atoms with E-state index in [4.69, 9.17) is 4.74 Å². The highest BCUT2D eigenvalue weighted by Gasteiger charge is 2.19. The molecule has 2 aromatic rings. The monoisotopic (exact) mass is 276 g/mol. The summed E-state index contributed by atoms with van der Waals surface area (Å²) in [6.07, 6.45) is 3.33. The molecule has 2 nitrogen and oxygen atoms in total. The molecule has 0 radical (unpaired) electrons. The number of hydrogen-bond acceptors (Lipinski definition) is 3. The molecule has 1 aliphatic rings. The molecule has 19 heavy (non-hydrogen) atoms. The number of carbonyl (C=O) groups is 1. The van der Waals surface area contributed by atoms with Gasteiger partial charge in [-0.1, -0.05) is 12.1 Å². The molecule has 0 aliphatic heterocycles. The van der Waals surface area contributed by atoms with Gasteiger partial charge in [0.15, 0.2) is 0 Å². The molecule has 3 rings (SSSR count). The minimum atomic E-state index is -0.288. The molecule has 4 heteroatoms. The molecule has 0 saturated heterocycles. The van der Waals surface area contributed by atoms with Crippen molar-refractivity contribution in [3.8, 4) is 0 Å². The van der Waals surface area contributed by atoms with Crippen LogP contribution < -0.4 is 0 Å². The number of halogens is 1. The lowest BCUT2D eigenvalue weighted by molar-refractivity contribution is 0.0478. The zero-order chi connectivity index (χ0) is 13.2. The predicted molar refractivity (Wildman–Crippen MR) is 71.9 cm³/mol. The highest BCUT2D eigenvalue weighted by Crippen LogP contribution is 2.31. The Morgan fingerprint density at radius 1 is 1.26 bits per heavy atom. The maximum absolute atomic E-state index is 12.7. The van der Waals surface area contributed by atoms with Crippen LogP contribution in [0.1, 0.15) is 32.1 Å². The molecule has 1 aromatic carbocycles. The summed E-state index contributed by atoms with van der Waals surface area (Å²) in [6, 6.07) is 7.92. The highest BCUT2D eigenvalue weighted by atomic mass is 32.1. The summed E-state index contributed by atoms with van der Waals surface area (Å²) >= 11 is 1.53. The minimum absolute atomic E-state index is 0.182. The van der Waals surface area contributed by atoms with Crippen LogP contribution in [0.15, 0.2) is 30.3 Å². The van der Waals surface area contributed by atoms with E-state index in [0.29, 0.717) is 4.88 Å². The fourth-order valence-electron chi connectivity index (χ4n) is 2.23. The summed E-state index contributed by atoms with van der Waals surface area (Å²) in [5.41, 5.74) is 2.08. The Labute approximate surface area is 114 Å². The second kappa shape index (κ2) is 5.13. The zero-order valence-electron chi connectivity index (χ0n) is 10.3. The van der Waals surface area contributed by atoms with E-state index in [0.717, 1.165) is 18.4 Å². The van der Waals surface area contributed by atoms with E-state index in [-0.39, 0.29) is 18.4 Å². The number of ether oxygens (including phenoxy) is 1. The summed E-state index contributed by atoms with van der Waals surface area (Å²) in [6.45, 7) is 0.182. The van der Waals surface area contributed by atoms with Crippen molar-refractivity contribution in [2.45, 2.75) is 25.9 Å². The molecule has 0 amide bonds. The quantitative estimate of drug-likeness (QED) is 0.798. The number of rotatable bonds is 3. The van der Waals surface area contributed by atoms with Crippen LogP contribution in [0.4, 0.5) is 4.39 Å². The van der Waals surface area contributed by atoms with Gasteiger partial charge in [0.05, 0.1) is 0 Å². The van der Waals surface area contributed by atoms with E-state index in [1.54, 1.807) is 12.1 Å². The lowest BCUT2D eigenvalue weighted by Gasteiger charge is -2.03. The smallest absolute Gasteiger partial charge is 0.348 e. The average molecular weight is 276 g/mol. The fourth-order valence-corrected chi connectivity index (χ4v) is 3.38. The lowest BCUT2D eigenvalue weighted by Crippen LogP contribution is -2.03. The van der Waals surface area contributed by atoms with Gasteiger partial charge in [-0.05, 0) is 48.6 Å². The van der Waals surface area contributed by atoms with Crippen molar-refractivity contribution in [1.29, 1.82) is 0 Å². The Balaban J connectivity index is 1.63. The standard InChI is InChI=1S/C15H13FO2S/c16-12-6-4-10(5-7-12)9-18-15(17)14-8-11-2-1-3-13(11)19-14/h4-8H,1-3,9H2. The molecular formula is C15H13FO2S. The highest BCUT2D eigenvalue weighted by molar-refractivity contribution is 7.14. The number of hydrogen-bond donors (Lipinski definition) is 0. The van der Waals surface area contributed by atoms with Gasteiger partial charge in [0.2, 0.25) is 0 Å². The van der Waals surface area contributed by atoms with Gasteiger partial charge in [-0.15, -0.1) is 11.3 Å². The van der Waals surface area contributed by atoms with Crippen LogP contribution in [-0.2, 0) is 24.2 Å². The third kappa shape index (κ3) is 2.68. The van der Waals surface area contributed by atoms with Gasteiger partial charge in [0.1, 0.15) is 17.3 Å². The number of thiophene rings is 1. The second-order valence-corrected chi connectivity index (χ2v) is 5.75. The normalized spacial score (nSPS) is 13.3. The molecule has 1 aromatic heterocycles. The molecule has 1 heterocycles.